The Morgan fingerprint density at radius 3 is 2.25 bits per heavy atom. The molecule has 1 heterocycles. The summed E-state index contributed by atoms with van der Waals surface area (Å²) in [6.45, 7) is 3.20. The summed E-state index contributed by atoms with van der Waals surface area (Å²) in [5.41, 5.74) is 1.17. The van der Waals surface area contributed by atoms with Crippen LogP contribution in [0.2, 0.25) is 5.02 Å². The molecule has 2 aromatic rings. The first-order valence-corrected chi connectivity index (χ1v) is 13.2. The van der Waals surface area contributed by atoms with E-state index in [9.17, 15) is 9.59 Å². The number of halogens is 1. The molecular formula is C28H36ClN3O4. The Morgan fingerprint density at radius 2 is 1.61 bits per heavy atom. The first-order valence-electron chi connectivity index (χ1n) is 12.8. The lowest BCUT2D eigenvalue weighted by atomic mass is 9.95. The first kappa shape index (κ1) is 26.3. The van der Waals surface area contributed by atoms with Gasteiger partial charge in [-0.25, -0.2) is 0 Å². The number of hydrogen-bond donors (Lipinski definition) is 1. The van der Waals surface area contributed by atoms with Gasteiger partial charge in [0.2, 0.25) is 5.91 Å². The van der Waals surface area contributed by atoms with Crippen molar-refractivity contribution in [2.45, 2.75) is 38.1 Å². The molecule has 7 nitrogen and oxygen atoms in total. The van der Waals surface area contributed by atoms with E-state index >= 15 is 0 Å². The van der Waals surface area contributed by atoms with Gasteiger partial charge in [0.05, 0.1) is 13.2 Å². The van der Waals surface area contributed by atoms with Crippen LogP contribution in [0.5, 0.6) is 11.5 Å². The van der Waals surface area contributed by atoms with Crippen molar-refractivity contribution in [3.63, 3.8) is 0 Å². The van der Waals surface area contributed by atoms with Gasteiger partial charge >= 0.3 is 0 Å². The third-order valence-corrected chi connectivity index (χ3v) is 7.48. The summed E-state index contributed by atoms with van der Waals surface area (Å²) in [5, 5.41) is 3.82. The van der Waals surface area contributed by atoms with Gasteiger partial charge in [-0.2, -0.15) is 0 Å². The zero-order chi connectivity index (χ0) is 25.3. The number of methoxy groups -OCH3 is 1. The highest BCUT2D eigenvalue weighted by Gasteiger charge is 2.37. The van der Waals surface area contributed by atoms with E-state index in [0.29, 0.717) is 49.4 Å². The molecule has 1 saturated heterocycles. The zero-order valence-electron chi connectivity index (χ0n) is 21.0. The highest BCUT2D eigenvalue weighted by Crippen LogP contribution is 2.31. The Morgan fingerprint density at radius 1 is 0.972 bits per heavy atom. The second-order valence-electron chi connectivity index (χ2n) is 9.54. The van der Waals surface area contributed by atoms with E-state index in [-0.39, 0.29) is 24.5 Å². The third-order valence-electron chi connectivity index (χ3n) is 7.22. The van der Waals surface area contributed by atoms with E-state index in [1.165, 1.54) is 18.4 Å². The van der Waals surface area contributed by atoms with Crippen LogP contribution in [0, 0.1) is 5.92 Å². The fraction of sp³-hybridized carbons (Fsp3) is 0.500. The number of carbonyl (C=O) groups excluding carboxylic acids is 2. The quantitative estimate of drug-likeness (QED) is 0.523. The Bertz CT molecular complexity index is 985. The van der Waals surface area contributed by atoms with Crippen LogP contribution >= 0.6 is 11.6 Å². The fourth-order valence-electron chi connectivity index (χ4n) is 5.19. The number of piperazine rings is 1. The van der Waals surface area contributed by atoms with Crippen LogP contribution in [0.15, 0.2) is 48.5 Å². The molecule has 1 saturated carbocycles. The van der Waals surface area contributed by atoms with E-state index in [1.807, 2.05) is 29.2 Å². The summed E-state index contributed by atoms with van der Waals surface area (Å²) in [6.07, 6.45) is 5.32. The predicted octanol–water partition coefficient (Wildman–Crippen LogP) is 3.79. The molecule has 194 valence electrons. The van der Waals surface area contributed by atoms with E-state index in [1.54, 1.807) is 31.4 Å². The average Bonchev–Trinajstić information content (AvgIpc) is 3.43. The standard InChI is InChI=1S/C28H36ClN3O4/c1-35-24-10-6-21(7-11-24)14-15-30-28(34)27(22-4-2-3-5-22)32-18-16-31(17-19-32)26(33)20-36-25-12-8-23(29)9-13-25/h6-13,22,27H,2-5,14-20H2,1H3,(H,30,34). The monoisotopic (exact) mass is 513 g/mol. The van der Waals surface area contributed by atoms with E-state index < -0.39 is 0 Å². The maximum absolute atomic E-state index is 13.3. The topological polar surface area (TPSA) is 71.1 Å². The zero-order valence-corrected chi connectivity index (χ0v) is 21.7. The summed E-state index contributed by atoms with van der Waals surface area (Å²) >= 11 is 5.90. The van der Waals surface area contributed by atoms with Gasteiger partial charge < -0.3 is 19.7 Å². The van der Waals surface area contributed by atoms with Crippen molar-refractivity contribution in [3.05, 3.63) is 59.1 Å². The van der Waals surface area contributed by atoms with Gasteiger partial charge in [0.15, 0.2) is 6.61 Å². The normalized spacial score (nSPS) is 17.6. The number of amides is 2. The molecular weight excluding hydrogens is 478 g/mol. The van der Waals surface area contributed by atoms with Gasteiger partial charge in [-0.3, -0.25) is 14.5 Å². The molecule has 0 spiro atoms. The summed E-state index contributed by atoms with van der Waals surface area (Å²) in [6, 6.07) is 14.8. The summed E-state index contributed by atoms with van der Waals surface area (Å²) < 4.78 is 10.8. The SMILES string of the molecule is COc1ccc(CCNC(=O)C(C2CCCC2)N2CCN(C(=O)COc3ccc(Cl)cc3)CC2)cc1. The Balaban J connectivity index is 1.27. The predicted molar refractivity (Wildman–Crippen MR) is 141 cm³/mol. The fourth-order valence-corrected chi connectivity index (χ4v) is 5.32. The number of hydrogen-bond acceptors (Lipinski definition) is 5. The van der Waals surface area contributed by atoms with Crippen LogP contribution in [0.25, 0.3) is 0 Å². The molecule has 1 aliphatic heterocycles. The number of nitrogens with one attached hydrogen (secondary N) is 1. The molecule has 2 aliphatic rings. The molecule has 1 aliphatic carbocycles. The van der Waals surface area contributed by atoms with Crippen molar-refractivity contribution >= 4 is 23.4 Å². The largest absolute Gasteiger partial charge is 0.497 e. The van der Waals surface area contributed by atoms with Crippen LogP contribution in [0.4, 0.5) is 0 Å². The lowest BCUT2D eigenvalue weighted by molar-refractivity contribution is -0.137. The lowest BCUT2D eigenvalue weighted by Gasteiger charge is -2.40. The Kier molecular flexibility index (Phi) is 9.47. The molecule has 0 bridgehead atoms. The lowest BCUT2D eigenvalue weighted by Crippen LogP contribution is -2.58. The molecule has 2 aromatic carbocycles. The minimum atomic E-state index is -0.133. The van der Waals surface area contributed by atoms with Crippen LogP contribution in [0.3, 0.4) is 0 Å². The smallest absolute Gasteiger partial charge is 0.260 e. The highest BCUT2D eigenvalue weighted by molar-refractivity contribution is 6.30. The summed E-state index contributed by atoms with van der Waals surface area (Å²) in [4.78, 5) is 30.1. The van der Waals surface area contributed by atoms with Crippen molar-refractivity contribution in [2.75, 3.05) is 46.4 Å². The minimum absolute atomic E-state index is 0.000464. The van der Waals surface area contributed by atoms with E-state index in [0.717, 1.165) is 25.0 Å². The highest BCUT2D eigenvalue weighted by atomic mass is 35.5. The number of rotatable bonds is 10. The number of benzene rings is 2. The molecule has 0 aromatic heterocycles. The average molecular weight is 514 g/mol. The third kappa shape index (κ3) is 7.14. The second-order valence-corrected chi connectivity index (χ2v) is 9.97. The Labute approximate surface area is 218 Å². The molecule has 0 radical (unpaired) electrons. The molecule has 36 heavy (non-hydrogen) atoms. The van der Waals surface area contributed by atoms with E-state index in [4.69, 9.17) is 21.1 Å². The Hall–Kier alpha value is -2.77. The molecule has 1 atom stereocenters. The minimum Gasteiger partial charge on any atom is -0.497 e. The number of ether oxygens (including phenoxy) is 2. The van der Waals surface area contributed by atoms with Gasteiger partial charge in [0.1, 0.15) is 11.5 Å². The van der Waals surface area contributed by atoms with E-state index in [2.05, 4.69) is 10.2 Å². The molecule has 1 N–H and O–H groups in total. The number of carbonyl (C=O) groups is 2. The van der Waals surface area contributed by atoms with Crippen molar-refractivity contribution < 1.29 is 19.1 Å². The van der Waals surface area contributed by atoms with Crippen LogP contribution < -0.4 is 14.8 Å². The van der Waals surface area contributed by atoms with Crippen molar-refractivity contribution in [2.24, 2.45) is 5.92 Å². The van der Waals surface area contributed by atoms with Crippen LogP contribution in [0.1, 0.15) is 31.2 Å². The van der Waals surface area contributed by atoms with Crippen LogP contribution in [-0.4, -0.2) is 74.1 Å². The van der Waals surface area contributed by atoms with Crippen molar-refractivity contribution in [1.29, 1.82) is 0 Å². The summed E-state index contributed by atoms with van der Waals surface area (Å²) in [7, 11) is 1.66. The first-order chi connectivity index (χ1) is 17.5. The van der Waals surface area contributed by atoms with Crippen molar-refractivity contribution in [1.82, 2.24) is 15.1 Å². The molecule has 4 rings (SSSR count). The van der Waals surface area contributed by atoms with Crippen LogP contribution in [-0.2, 0) is 16.0 Å². The second kappa shape index (κ2) is 13.0. The molecule has 8 heteroatoms. The number of nitrogens with zero attached hydrogens (tertiary/aromatic N) is 2. The van der Waals surface area contributed by atoms with Gasteiger partial charge in [-0.15, -0.1) is 0 Å². The maximum Gasteiger partial charge on any atom is 0.260 e. The summed E-state index contributed by atoms with van der Waals surface area (Å²) in [5.74, 6) is 1.91. The van der Waals surface area contributed by atoms with Gasteiger partial charge in [-0.05, 0) is 67.1 Å². The van der Waals surface area contributed by atoms with Gasteiger partial charge in [0.25, 0.3) is 5.91 Å². The molecule has 2 amide bonds. The maximum atomic E-state index is 13.3. The van der Waals surface area contributed by atoms with Gasteiger partial charge in [-0.1, -0.05) is 36.6 Å². The molecule has 1 unspecified atom stereocenters. The van der Waals surface area contributed by atoms with Gasteiger partial charge in [0, 0.05) is 37.7 Å². The molecule has 2 fully saturated rings. The van der Waals surface area contributed by atoms with Crippen molar-refractivity contribution in [3.8, 4) is 11.5 Å².